The monoisotopic (exact) mass is 642 g/mol. The fraction of sp³-hybridized carbons (Fsp3) is 0.314. The van der Waals surface area contributed by atoms with Crippen molar-refractivity contribution in [1.82, 2.24) is 15.1 Å². The van der Waals surface area contributed by atoms with Gasteiger partial charge in [0.2, 0.25) is 0 Å². The van der Waals surface area contributed by atoms with Gasteiger partial charge in [0.1, 0.15) is 5.84 Å². The summed E-state index contributed by atoms with van der Waals surface area (Å²) in [4.78, 5) is 44.3. The zero-order valence-electron chi connectivity index (χ0n) is 27.9. The first kappa shape index (κ1) is 36.1. The maximum absolute atomic E-state index is 13.6. The van der Waals surface area contributed by atoms with Gasteiger partial charge in [0.25, 0.3) is 5.91 Å². The van der Waals surface area contributed by atoms with Gasteiger partial charge in [0.15, 0.2) is 0 Å². The summed E-state index contributed by atoms with van der Waals surface area (Å²) in [5.74, 6) is -0.272. The van der Waals surface area contributed by atoms with Crippen molar-refractivity contribution in [2.75, 3.05) is 44.8 Å². The molecule has 4 rings (SSSR count). The Morgan fingerprint density at radius 1 is 1.00 bits per heavy atom. The molecule has 250 valence electrons. The van der Waals surface area contributed by atoms with E-state index < -0.39 is 5.54 Å². The lowest BCUT2D eigenvalue weighted by Crippen LogP contribution is -2.52. The number of nitrogens with zero attached hydrogens (tertiary/aromatic N) is 3. The summed E-state index contributed by atoms with van der Waals surface area (Å²) in [5.41, 5.74) is 22.2. The van der Waals surface area contributed by atoms with E-state index in [0.29, 0.717) is 47.0 Å². The van der Waals surface area contributed by atoms with Crippen LogP contribution in [0.5, 0.6) is 0 Å². The molecule has 0 fully saturated rings. The third kappa shape index (κ3) is 10.1. The van der Waals surface area contributed by atoms with Gasteiger partial charge >= 0.3 is 12.0 Å². The van der Waals surface area contributed by atoms with E-state index in [9.17, 15) is 14.4 Å². The van der Waals surface area contributed by atoms with E-state index >= 15 is 0 Å². The van der Waals surface area contributed by atoms with E-state index in [0.717, 1.165) is 5.56 Å². The molecule has 12 nitrogen and oxygen atoms in total. The Balaban J connectivity index is 0.000000913. The second kappa shape index (κ2) is 16.3. The molecule has 1 atom stereocenters. The average Bonchev–Trinajstić information content (AvgIpc) is 3.26. The maximum Gasteiger partial charge on any atom is 0.318 e. The molecule has 0 spiro atoms. The number of nitrogens with two attached hydrogens (primary N) is 3. The maximum atomic E-state index is 13.6. The molecule has 8 N–H and O–H groups in total. The second-order valence-corrected chi connectivity index (χ2v) is 11.8. The number of amides is 3. The van der Waals surface area contributed by atoms with Crippen molar-refractivity contribution in [3.63, 3.8) is 0 Å². The van der Waals surface area contributed by atoms with E-state index in [4.69, 9.17) is 17.2 Å². The fourth-order valence-corrected chi connectivity index (χ4v) is 4.91. The molecule has 3 aromatic carbocycles. The highest BCUT2D eigenvalue weighted by Gasteiger charge is 2.42. The third-order valence-electron chi connectivity index (χ3n) is 7.45. The van der Waals surface area contributed by atoms with E-state index in [1.165, 1.54) is 6.92 Å². The fourth-order valence-electron chi connectivity index (χ4n) is 4.91. The SMILES string of the molecule is CCOC(C)=O.CN(C)C[C@@H](NC(=O)N1CC(C(N)=Nc2cccc(NC(=O)c3ccc(N)cc3)c2)=C(N)C1(C)C)c1ccccc1. The molecule has 0 saturated carbocycles. The lowest BCUT2D eigenvalue weighted by atomic mass is 10.00. The first-order chi connectivity index (χ1) is 22.2. The number of benzene rings is 3. The molecule has 1 aliphatic rings. The molecule has 0 radical (unpaired) electrons. The van der Waals surface area contributed by atoms with Crippen LogP contribution < -0.4 is 27.8 Å². The van der Waals surface area contributed by atoms with Crippen LogP contribution >= 0.6 is 0 Å². The van der Waals surface area contributed by atoms with Crippen LogP contribution in [0.4, 0.5) is 21.9 Å². The van der Waals surface area contributed by atoms with Gasteiger partial charge in [-0.05, 0) is 82.9 Å². The van der Waals surface area contributed by atoms with Crippen molar-refractivity contribution in [3.05, 3.63) is 101 Å². The Kier molecular flexibility index (Phi) is 12.5. The van der Waals surface area contributed by atoms with Crippen LogP contribution in [0.15, 0.2) is 95.1 Å². The Morgan fingerprint density at radius 3 is 2.23 bits per heavy atom. The summed E-state index contributed by atoms with van der Waals surface area (Å²) in [6, 6.07) is 23.1. The zero-order chi connectivity index (χ0) is 34.7. The number of likely N-dealkylation sites (N-methyl/N-ethyl adjacent to an activating group) is 1. The number of rotatable bonds is 9. The molecule has 1 heterocycles. The summed E-state index contributed by atoms with van der Waals surface area (Å²) >= 11 is 0. The first-order valence-corrected chi connectivity index (χ1v) is 15.2. The van der Waals surface area contributed by atoms with E-state index in [1.807, 2.05) is 63.2 Å². The van der Waals surface area contributed by atoms with Crippen molar-refractivity contribution < 1.29 is 19.1 Å². The third-order valence-corrected chi connectivity index (χ3v) is 7.45. The molecule has 1 aliphatic heterocycles. The van der Waals surface area contributed by atoms with Crippen LogP contribution in [-0.2, 0) is 9.53 Å². The molecular weight excluding hydrogens is 596 g/mol. The normalized spacial score (nSPS) is 14.6. The first-order valence-electron chi connectivity index (χ1n) is 15.2. The lowest BCUT2D eigenvalue weighted by Gasteiger charge is -2.35. The smallest absolute Gasteiger partial charge is 0.318 e. The summed E-state index contributed by atoms with van der Waals surface area (Å²) in [6.45, 7) is 8.27. The zero-order valence-corrected chi connectivity index (χ0v) is 27.9. The minimum Gasteiger partial charge on any atom is -0.466 e. The highest BCUT2D eigenvalue weighted by Crippen LogP contribution is 2.32. The number of hydrogen-bond acceptors (Lipinski definition) is 8. The molecule has 3 aromatic rings. The lowest BCUT2D eigenvalue weighted by molar-refractivity contribution is -0.140. The number of nitrogen functional groups attached to an aromatic ring is 1. The van der Waals surface area contributed by atoms with Crippen LogP contribution in [0.25, 0.3) is 0 Å². The molecule has 12 heteroatoms. The molecule has 0 unspecified atom stereocenters. The number of anilines is 2. The van der Waals surface area contributed by atoms with Crippen molar-refractivity contribution >= 4 is 40.8 Å². The minimum absolute atomic E-state index is 0.205. The molecule has 47 heavy (non-hydrogen) atoms. The standard InChI is InChI=1S/C31H38N8O2.C4H8O2/c1-31(2)27(33)25(18-39(31)30(41)37-26(19-38(3)4)20-9-6-5-7-10-20)28(34)35-23-11-8-12-24(17-23)36-29(40)21-13-15-22(32)16-14-21;1-3-6-4(2)5/h5-17,26H,18-19,32-33H2,1-4H3,(H2,34,35)(H,36,40)(H,37,41);3H2,1-2H3/t26-;/m1./s1. The molecule has 0 bridgehead atoms. The summed E-state index contributed by atoms with van der Waals surface area (Å²) in [6.07, 6.45) is 0. The summed E-state index contributed by atoms with van der Waals surface area (Å²) < 4.78 is 4.40. The number of carbonyl (C=O) groups excluding carboxylic acids is 3. The number of hydrogen-bond donors (Lipinski definition) is 5. The Bertz CT molecular complexity index is 1600. The van der Waals surface area contributed by atoms with Crippen LogP contribution in [-0.4, -0.2) is 72.9 Å². The van der Waals surface area contributed by atoms with Crippen molar-refractivity contribution in [2.45, 2.75) is 39.3 Å². The molecular formula is C35H46N8O4. The van der Waals surface area contributed by atoms with Crippen LogP contribution in [0, 0.1) is 0 Å². The molecule has 0 aliphatic carbocycles. The quantitative estimate of drug-likeness (QED) is 0.0985. The van der Waals surface area contributed by atoms with Crippen molar-refractivity contribution in [2.24, 2.45) is 16.5 Å². The van der Waals surface area contributed by atoms with Gasteiger partial charge in [-0.1, -0.05) is 36.4 Å². The van der Waals surface area contributed by atoms with E-state index in [1.54, 1.807) is 60.4 Å². The number of aliphatic imine (C=N–C) groups is 1. The van der Waals surface area contributed by atoms with Crippen LogP contribution in [0.3, 0.4) is 0 Å². The number of ether oxygens (including phenoxy) is 1. The Labute approximate surface area is 276 Å². The number of carbonyl (C=O) groups is 3. The van der Waals surface area contributed by atoms with E-state index in [-0.39, 0.29) is 36.3 Å². The number of esters is 1. The number of nitrogens with one attached hydrogen (secondary N) is 2. The highest BCUT2D eigenvalue weighted by molar-refractivity contribution is 6.05. The van der Waals surface area contributed by atoms with Gasteiger partial charge in [-0.25, -0.2) is 9.79 Å². The average molecular weight is 643 g/mol. The highest BCUT2D eigenvalue weighted by atomic mass is 16.5. The predicted molar refractivity (Wildman–Crippen MR) is 187 cm³/mol. The molecule has 3 amide bonds. The van der Waals surface area contributed by atoms with Gasteiger partial charge in [0.05, 0.1) is 30.4 Å². The molecule has 0 aromatic heterocycles. The second-order valence-electron chi connectivity index (χ2n) is 11.8. The van der Waals surface area contributed by atoms with Crippen molar-refractivity contribution in [1.29, 1.82) is 0 Å². The minimum atomic E-state index is -0.784. The number of urea groups is 1. The summed E-state index contributed by atoms with van der Waals surface area (Å²) in [5, 5.41) is 6.03. The Hall–Kier alpha value is -5.36. The predicted octanol–water partition coefficient (Wildman–Crippen LogP) is 4.40. The van der Waals surface area contributed by atoms with Crippen LogP contribution in [0.2, 0.25) is 0 Å². The summed E-state index contributed by atoms with van der Waals surface area (Å²) in [7, 11) is 3.93. The Morgan fingerprint density at radius 2 is 1.66 bits per heavy atom. The van der Waals surface area contributed by atoms with Gasteiger partial charge in [0, 0.05) is 41.7 Å². The van der Waals surface area contributed by atoms with Crippen LogP contribution in [0.1, 0.15) is 49.7 Å². The molecule has 0 saturated heterocycles. The topological polar surface area (TPSA) is 181 Å². The van der Waals surface area contributed by atoms with Gasteiger partial charge < -0.3 is 42.4 Å². The van der Waals surface area contributed by atoms with Crippen molar-refractivity contribution in [3.8, 4) is 0 Å². The number of amidine groups is 1. The van der Waals surface area contributed by atoms with Gasteiger partial charge in [-0.2, -0.15) is 0 Å². The largest absolute Gasteiger partial charge is 0.466 e. The van der Waals surface area contributed by atoms with E-state index in [2.05, 4.69) is 20.4 Å². The van der Waals surface area contributed by atoms with Gasteiger partial charge in [-0.15, -0.1) is 0 Å². The van der Waals surface area contributed by atoms with Gasteiger partial charge in [-0.3, -0.25) is 9.59 Å².